The van der Waals surface area contributed by atoms with Gasteiger partial charge in [0.25, 0.3) is 0 Å². The van der Waals surface area contributed by atoms with Crippen LogP contribution in [0.4, 0.5) is 5.88 Å². The number of methoxy groups -OCH3 is 1. The molecule has 1 aromatic carbocycles. The number of aromatic nitrogens is 1. The van der Waals surface area contributed by atoms with Crippen LogP contribution >= 0.6 is 0 Å². The molecule has 0 unspecified atom stereocenters. The summed E-state index contributed by atoms with van der Waals surface area (Å²) in [6, 6.07) is 3.52. The zero-order chi connectivity index (χ0) is 13.3. The van der Waals surface area contributed by atoms with Crippen molar-refractivity contribution in [1.29, 1.82) is 0 Å². The molecule has 5 heteroatoms. The van der Waals surface area contributed by atoms with Crippen LogP contribution in [0.5, 0.6) is 0 Å². The molecule has 0 saturated heterocycles. The Kier molecular flexibility index (Phi) is 3.06. The van der Waals surface area contributed by atoms with Gasteiger partial charge in [0.2, 0.25) is 5.88 Å². The second-order valence-corrected chi connectivity index (χ2v) is 4.06. The average molecular weight is 246 g/mol. The predicted molar refractivity (Wildman–Crippen MR) is 67.2 cm³/mol. The molecule has 0 aliphatic rings. The Labute approximate surface area is 105 Å². The van der Waals surface area contributed by atoms with E-state index in [1.165, 1.54) is 13.3 Å². The molecule has 0 bridgehead atoms. The van der Waals surface area contributed by atoms with Gasteiger partial charge in [-0.25, -0.2) is 4.79 Å². The summed E-state index contributed by atoms with van der Waals surface area (Å²) in [4.78, 5) is 11.6. The molecule has 0 amide bonds. The lowest BCUT2D eigenvalue weighted by molar-refractivity contribution is 0.0600. The molecule has 0 saturated carbocycles. The average Bonchev–Trinajstić information content (AvgIpc) is 2.77. The number of nitrogens with zero attached hydrogens (tertiary/aromatic N) is 1. The van der Waals surface area contributed by atoms with Gasteiger partial charge < -0.3 is 15.0 Å². The third-order valence-corrected chi connectivity index (χ3v) is 2.98. The number of aryl methyl sites for hydroxylation is 1. The van der Waals surface area contributed by atoms with E-state index in [4.69, 9.17) is 15.0 Å². The van der Waals surface area contributed by atoms with Crippen molar-refractivity contribution >= 4 is 11.9 Å². The molecule has 0 aliphatic carbocycles. The number of ether oxygens (including phenoxy) is 1. The fourth-order valence-electron chi connectivity index (χ4n) is 1.83. The Bertz CT molecular complexity index is 602. The number of carbonyl (C=O) groups is 1. The lowest BCUT2D eigenvalue weighted by Crippen LogP contribution is -2.03. The maximum absolute atomic E-state index is 11.6. The third-order valence-electron chi connectivity index (χ3n) is 2.98. The molecular weight excluding hydrogens is 232 g/mol. The molecule has 1 aromatic heterocycles. The van der Waals surface area contributed by atoms with Gasteiger partial charge in [-0.15, -0.1) is 0 Å². The van der Waals surface area contributed by atoms with Crippen LogP contribution in [0.3, 0.4) is 0 Å². The van der Waals surface area contributed by atoms with Crippen LogP contribution in [0.2, 0.25) is 0 Å². The molecule has 18 heavy (non-hydrogen) atoms. The third kappa shape index (κ3) is 1.95. The van der Waals surface area contributed by atoms with Crippen LogP contribution in [0.1, 0.15) is 21.5 Å². The fraction of sp³-hybridized carbons (Fsp3) is 0.231. The largest absolute Gasteiger partial charge is 0.465 e. The number of nitrogen functional groups attached to an aromatic ring is 1. The van der Waals surface area contributed by atoms with Crippen molar-refractivity contribution in [2.24, 2.45) is 0 Å². The van der Waals surface area contributed by atoms with Crippen molar-refractivity contribution in [3.8, 4) is 11.1 Å². The zero-order valence-corrected chi connectivity index (χ0v) is 10.5. The standard InChI is InChI=1S/C13H14N2O3/c1-7-4-9(13(16)17-3)5-10(8(7)2)11-6-15-18-12(11)14/h4-6H,14H2,1-3H3. The molecule has 0 atom stereocenters. The van der Waals surface area contributed by atoms with Crippen molar-refractivity contribution in [1.82, 2.24) is 5.16 Å². The fourth-order valence-corrected chi connectivity index (χ4v) is 1.83. The molecule has 5 nitrogen and oxygen atoms in total. The number of anilines is 1. The van der Waals surface area contributed by atoms with Gasteiger partial charge >= 0.3 is 5.97 Å². The molecule has 2 N–H and O–H groups in total. The molecule has 2 rings (SSSR count). The maximum Gasteiger partial charge on any atom is 0.337 e. The van der Waals surface area contributed by atoms with Crippen molar-refractivity contribution < 1.29 is 14.1 Å². The van der Waals surface area contributed by atoms with E-state index in [2.05, 4.69) is 5.16 Å². The van der Waals surface area contributed by atoms with E-state index in [-0.39, 0.29) is 11.9 Å². The van der Waals surface area contributed by atoms with E-state index in [0.717, 1.165) is 16.7 Å². The first kappa shape index (κ1) is 12.2. The molecular formula is C13H14N2O3. The summed E-state index contributed by atoms with van der Waals surface area (Å²) in [5, 5.41) is 3.65. The Morgan fingerprint density at radius 2 is 2.06 bits per heavy atom. The number of esters is 1. The van der Waals surface area contributed by atoms with Gasteiger partial charge in [0.1, 0.15) is 0 Å². The summed E-state index contributed by atoms with van der Waals surface area (Å²) in [5.74, 6) is -0.145. The van der Waals surface area contributed by atoms with Gasteiger partial charge in [0, 0.05) is 0 Å². The van der Waals surface area contributed by atoms with Crippen LogP contribution in [0, 0.1) is 13.8 Å². The van der Waals surface area contributed by atoms with E-state index in [1.807, 2.05) is 13.8 Å². The highest BCUT2D eigenvalue weighted by Gasteiger charge is 2.15. The molecule has 0 aliphatic heterocycles. The molecule has 94 valence electrons. The van der Waals surface area contributed by atoms with Gasteiger partial charge in [0.15, 0.2) is 0 Å². The molecule has 0 radical (unpaired) electrons. The first-order valence-electron chi connectivity index (χ1n) is 5.44. The highest BCUT2D eigenvalue weighted by molar-refractivity contribution is 5.92. The molecule has 2 aromatic rings. The summed E-state index contributed by atoms with van der Waals surface area (Å²) in [5.41, 5.74) is 9.70. The number of benzene rings is 1. The number of nitrogens with two attached hydrogens (primary N) is 1. The Hall–Kier alpha value is -2.30. The second-order valence-electron chi connectivity index (χ2n) is 4.06. The number of hydrogen-bond donors (Lipinski definition) is 1. The summed E-state index contributed by atoms with van der Waals surface area (Å²) >= 11 is 0. The van der Waals surface area contributed by atoms with Crippen LogP contribution in [0.15, 0.2) is 22.9 Å². The summed E-state index contributed by atoms with van der Waals surface area (Å²) < 4.78 is 9.58. The summed E-state index contributed by atoms with van der Waals surface area (Å²) in [6.45, 7) is 3.88. The SMILES string of the molecule is COC(=O)c1cc(C)c(C)c(-c2cnoc2N)c1. The van der Waals surface area contributed by atoms with E-state index in [9.17, 15) is 4.79 Å². The van der Waals surface area contributed by atoms with Gasteiger partial charge in [-0.3, -0.25) is 0 Å². The first-order chi connectivity index (χ1) is 8.54. The quantitative estimate of drug-likeness (QED) is 0.823. The van der Waals surface area contributed by atoms with Gasteiger partial charge in [-0.2, -0.15) is 0 Å². The maximum atomic E-state index is 11.6. The van der Waals surface area contributed by atoms with Gasteiger partial charge in [0.05, 0.1) is 24.4 Å². The van der Waals surface area contributed by atoms with E-state index < -0.39 is 0 Å². The first-order valence-corrected chi connectivity index (χ1v) is 5.44. The minimum Gasteiger partial charge on any atom is -0.465 e. The zero-order valence-electron chi connectivity index (χ0n) is 10.5. The summed E-state index contributed by atoms with van der Waals surface area (Å²) in [7, 11) is 1.35. The van der Waals surface area contributed by atoms with E-state index in [1.54, 1.807) is 12.1 Å². The van der Waals surface area contributed by atoms with Crippen molar-refractivity contribution in [2.75, 3.05) is 12.8 Å². The lowest BCUT2D eigenvalue weighted by Gasteiger charge is -2.10. The van der Waals surface area contributed by atoms with Crippen LogP contribution in [-0.2, 0) is 4.74 Å². The topological polar surface area (TPSA) is 78.3 Å². The smallest absolute Gasteiger partial charge is 0.337 e. The van der Waals surface area contributed by atoms with Crippen LogP contribution < -0.4 is 5.73 Å². The summed E-state index contributed by atoms with van der Waals surface area (Å²) in [6.07, 6.45) is 1.54. The van der Waals surface area contributed by atoms with Crippen molar-refractivity contribution in [2.45, 2.75) is 13.8 Å². The minimum absolute atomic E-state index is 0.236. The lowest BCUT2D eigenvalue weighted by atomic mass is 9.96. The second kappa shape index (κ2) is 4.52. The Morgan fingerprint density at radius 1 is 1.33 bits per heavy atom. The molecule has 0 fully saturated rings. The predicted octanol–water partition coefficient (Wildman–Crippen LogP) is 2.33. The number of rotatable bonds is 2. The monoisotopic (exact) mass is 246 g/mol. The van der Waals surface area contributed by atoms with Gasteiger partial charge in [-0.05, 0) is 42.7 Å². The highest BCUT2D eigenvalue weighted by Crippen LogP contribution is 2.31. The van der Waals surface area contributed by atoms with Crippen LogP contribution in [0.25, 0.3) is 11.1 Å². The number of carbonyl (C=O) groups excluding carboxylic acids is 1. The Balaban J connectivity index is 2.64. The number of hydrogen-bond acceptors (Lipinski definition) is 5. The van der Waals surface area contributed by atoms with Crippen molar-refractivity contribution in [3.05, 3.63) is 35.0 Å². The van der Waals surface area contributed by atoms with E-state index in [0.29, 0.717) is 11.1 Å². The molecule has 1 heterocycles. The normalized spacial score (nSPS) is 10.4. The van der Waals surface area contributed by atoms with E-state index >= 15 is 0 Å². The van der Waals surface area contributed by atoms with Crippen LogP contribution in [-0.4, -0.2) is 18.2 Å². The Morgan fingerprint density at radius 3 is 2.61 bits per heavy atom. The minimum atomic E-state index is -0.380. The highest BCUT2D eigenvalue weighted by atomic mass is 16.5. The van der Waals surface area contributed by atoms with Gasteiger partial charge in [-0.1, -0.05) is 5.16 Å². The van der Waals surface area contributed by atoms with Crippen molar-refractivity contribution in [3.63, 3.8) is 0 Å². The molecule has 0 spiro atoms.